The van der Waals surface area contributed by atoms with E-state index in [4.69, 9.17) is 4.74 Å². The van der Waals surface area contributed by atoms with Gasteiger partial charge in [-0.05, 0) is 35.6 Å². The van der Waals surface area contributed by atoms with E-state index in [-0.39, 0.29) is 3.61 Å². The number of hydrogen-bond acceptors (Lipinski definition) is 1. The van der Waals surface area contributed by atoms with Crippen LogP contribution in [-0.2, 0) is 4.74 Å². The van der Waals surface area contributed by atoms with E-state index >= 15 is 0 Å². The first kappa shape index (κ1) is 8.27. The van der Waals surface area contributed by atoms with Gasteiger partial charge in [0.15, 0.2) is 0 Å². The van der Waals surface area contributed by atoms with Gasteiger partial charge in [-0.25, -0.2) is 0 Å². The molecule has 0 saturated heterocycles. The highest BCUT2D eigenvalue weighted by molar-refractivity contribution is 14.1. The lowest BCUT2D eigenvalue weighted by Crippen LogP contribution is -2.21. The third-order valence-corrected chi connectivity index (χ3v) is 2.48. The summed E-state index contributed by atoms with van der Waals surface area (Å²) in [6, 6.07) is 0. The lowest BCUT2D eigenvalue weighted by atomic mass is 10.1. The molecule has 0 aromatic heterocycles. The average molecular weight is 250 g/mol. The van der Waals surface area contributed by atoms with Crippen molar-refractivity contribution in [3.8, 4) is 0 Å². The van der Waals surface area contributed by atoms with Crippen LogP contribution in [0.25, 0.3) is 0 Å². The highest BCUT2D eigenvalue weighted by Gasteiger charge is 2.22. The molecule has 0 fully saturated rings. The first-order chi connectivity index (χ1) is 4.77. The molecule has 0 radical (unpaired) electrons. The third-order valence-electron chi connectivity index (χ3n) is 1.37. The second kappa shape index (κ2) is 3.53. The van der Waals surface area contributed by atoms with Gasteiger partial charge in [-0.3, -0.25) is 0 Å². The Kier molecular flexibility index (Phi) is 2.92. The molecule has 0 aliphatic heterocycles. The van der Waals surface area contributed by atoms with Gasteiger partial charge in [-0.1, -0.05) is 18.2 Å². The molecule has 1 aliphatic carbocycles. The van der Waals surface area contributed by atoms with Crippen LogP contribution in [-0.4, -0.2) is 10.2 Å². The van der Waals surface area contributed by atoms with Gasteiger partial charge in [-0.2, -0.15) is 0 Å². The van der Waals surface area contributed by atoms with Crippen molar-refractivity contribution in [3.05, 3.63) is 24.3 Å². The van der Waals surface area contributed by atoms with Crippen LogP contribution in [0.3, 0.4) is 0 Å². The van der Waals surface area contributed by atoms with Crippen molar-refractivity contribution in [2.75, 3.05) is 6.61 Å². The Balaban J connectivity index is 2.52. The Labute approximate surface area is 75.3 Å². The molecule has 0 amide bonds. The molecule has 1 atom stereocenters. The van der Waals surface area contributed by atoms with E-state index in [1.807, 2.05) is 13.0 Å². The van der Waals surface area contributed by atoms with Crippen LogP contribution in [0, 0.1) is 0 Å². The molecule has 1 aliphatic rings. The number of alkyl halides is 1. The maximum Gasteiger partial charge on any atom is 0.141 e. The molecule has 0 aromatic carbocycles. The zero-order chi connectivity index (χ0) is 7.45. The molecule has 2 heteroatoms. The van der Waals surface area contributed by atoms with Gasteiger partial charge in [-0.15, -0.1) is 0 Å². The lowest BCUT2D eigenvalue weighted by molar-refractivity contribution is 0.0846. The SMILES string of the molecule is CCOC1(I)C=CC=CC1. The van der Waals surface area contributed by atoms with Crippen LogP contribution >= 0.6 is 22.6 Å². The topological polar surface area (TPSA) is 9.23 Å². The summed E-state index contributed by atoms with van der Waals surface area (Å²) in [7, 11) is 0. The third kappa shape index (κ3) is 2.09. The molecule has 56 valence electrons. The smallest absolute Gasteiger partial charge is 0.141 e. The predicted molar refractivity (Wildman–Crippen MR) is 51.3 cm³/mol. The minimum atomic E-state index is -0.0682. The second-order valence-corrected chi connectivity index (χ2v) is 4.04. The molecule has 0 heterocycles. The molecular weight excluding hydrogens is 239 g/mol. The average Bonchev–Trinajstić information content (AvgIpc) is 1.89. The molecule has 0 aromatic rings. The molecule has 1 rings (SSSR count). The van der Waals surface area contributed by atoms with Crippen LogP contribution in [0.4, 0.5) is 0 Å². The van der Waals surface area contributed by atoms with Gasteiger partial charge in [0.1, 0.15) is 3.61 Å². The minimum Gasteiger partial charge on any atom is -0.361 e. The first-order valence-electron chi connectivity index (χ1n) is 3.44. The Bertz CT molecular complexity index is 163. The van der Waals surface area contributed by atoms with E-state index in [2.05, 4.69) is 40.8 Å². The summed E-state index contributed by atoms with van der Waals surface area (Å²) in [5, 5.41) is 0. The summed E-state index contributed by atoms with van der Waals surface area (Å²) in [6.45, 7) is 2.80. The van der Waals surface area contributed by atoms with Crippen molar-refractivity contribution in [1.29, 1.82) is 0 Å². The molecule has 0 spiro atoms. The van der Waals surface area contributed by atoms with Crippen molar-refractivity contribution in [2.24, 2.45) is 0 Å². The van der Waals surface area contributed by atoms with Crippen LogP contribution in [0.15, 0.2) is 24.3 Å². The molecule has 1 unspecified atom stereocenters. The largest absolute Gasteiger partial charge is 0.361 e. The van der Waals surface area contributed by atoms with Gasteiger partial charge >= 0.3 is 0 Å². The first-order valence-corrected chi connectivity index (χ1v) is 4.52. The Morgan fingerprint density at radius 3 is 2.90 bits per heavy atom. The monoisotopic (exact) mass is 250 g/mol. The summed E-state index contributed by atoms with van der Waals surface area (Å²) in [5.74, 6) is 0. The summed E-state index contributed by atoms with van der Waals surface area (Å²) >= 11 is 2.33. The molecular formula is C8H11IO. The molecule has 1 nitrogen and oxygen atoms in total. The fraction of sp³-hybridized carbons (Fsp3) is 0.500. The number of halogens is 1. The maximum atomic E-state index is 5.52. The van der Waals surface area contributed by atoms with Gasteiger partial charge in [0.05, 0.1) is 0 Å². The number of ether oxygens (including phenoxy) is 1. The summed E-state index contributed by atoms with van der Waals surface area (Å²) in [4.78, 5) is 0. The highest BCUT2D eigenvalue weighted by Crippen LogP contribution is 2.29. The number of allylic oxidation sites excluding steroid dienone is 2. The van der Waals surface area contributed by atoms with E-state index in [9.17, 15) is 0 Å². The molecule has 0 bridgehead atoms. The van der Waals surface area contributed by atoms with E-state index in [0.717, 1.165) is 13.0 Å². The Morgan fingerprint density at radius 2 is 2.40 bits per heavy atom. The van der Waals surface area contributed by atoms with Crippen LogP contribution < -0.4 is 0 Å². The second-order valence-electron chi connectivity index (χ2n) is 2.21. The van der Waals surface area contributed by atoms with Gasteiger partial charge < -0.3 is 4.74 Å². The fourth-order valence-electron chi connectivity index (χ4n) is 0.922. The molecule has 0 N–H and O–H groups in total. The quantitative estimate of drug-likeness (QED) is 0.540. The number of rotatable bonds is 2. The molecule has 0 saturated carbocycles. The van der Waals surface area contributed by atoms with Crippen LogP contribution in [0.5, 0.6) is 0 Å². The summed E-state index contributed by atoms with van der Waals surface area (Å²) in [5.41, 5.74) is 0. The van der Waals surface area contributed by atoms with E-state index in [1.54, 1.807) is 0 Å². The number of hydrogen-bond donors (Lipinski definition) is 0. The molecule has 10 heavy (non-hydrogen) atoms. The normalized spacial score (nSPS) is 31.0. The fourth-order valence-corrected chi connectivity index (χ4v) is 1.69. The van der Waals surface area contributed by atoms with Crippen molar-refractivity contribution in [2.45, 2.75) is 17.0 Å². The maximum absolute atomic E-state index is 5.52. The van der Waals surface area contributed by atoms with Crippen molar-refractivity contribution >= 4 is 22.6 Å². The van der Waals surface area contributed by atoms with E-state index < -0.39 is 0 Å². The summed E-state index contributed by atoms with van der Waals surface area (Å²) in [6.07, 6.45) is 9.29. The van der Waals surface area contributed by atoms with Gasteiger partial charge in [0.25, 0.3) is 0 Å². The van der Waals surface area contributed by atoms with E-state index in [0.29, 0.717) is 0 Å². The van der Waals surface area contributed by atoms with Gasteiger partial charge in [0.2, 0.25) is 0 Å². The van der Waals surface area contributed by atoms with Gasteiger partial charge in [0, 0.05) is 13.0 Å². The van der Waals surface area contributed by atoms with Crippen LogP contribution in [0.2, 0.25) is 0 Å². The van der Waals surface area contributed by atoms with Crippen molar-refractivity contribution < 1.29 is 4.74 Å². The van der Waals surface area contributed by atoms with Crippen LogP contribution in [0.1, 0.15) is 13.3 Å². The Hall–Kier alpha value is 0.170. The van der Waals surface area contributed by atoms with Crippen molar-refractivity contribution in [3.63, 3.8) is 0 Å². The van der Waals surface area contributed by atoms with E-state index in [1.165, 1.54) is 0 Å². The zero-order valence-electron chi connectivity index (χ0n) is 6.01. The Morgan fingerprint density at radius 1 is 1.60 bits per heavy atom. The minimum absolute atomic E-state index is 0.0682. The zero-order valence-corrected chi connectivity index (χ0v) is 8.17. The predicted octanol–water partition coefficient (Wildman–Crippen LogP) is 2.67. The summed E-state index contributed by atoms with van der Waals surface area (Å²) < 4.78 is 5.45. The highest BCUT2D eigenvalue weighted by atomic mass is 127. The standard InChI is InChI=1S/C8H11IO/c1-2-10-8(9)6-4-3-5-7-8/h3-6H,2,7H2,1H3. The van der Waals surface area contributed by atoms with Crippen molar-refractivity contribution in [1.82, 2.24) is 0 Å². The lowest BCUT2D eigenvalue weighted by Gasteiger charge is -2.23.